The second kappa shape index (κ2) is 5.56. The van der Waals surface area contributed by atoms with E-state index in [0.717, 1.165) is 48.2 Å². The van der Waals surface area contributed by atoms with E-state index in [1.807, 2.05) is 37.3 Å². The molecule has 108 valence electrons. The summed E-state index contributed by atoms with van der Waals surface area (Å²) >= 11 is 0. The molecule has 1 amide bonds. The van der Waals surface area contributed by atoms with Gasteiger partial charge in [-0.05, 0) is 61.9 Å². The SMILES string of the molecule is Cc1cccc(Nc2nc3c(cc2C(N)=O)CCCC3)c1. The van der Waals surface area contributed by atoms with Crippen LogP contribution >= 0.6 is 0 Å². The lowest BCUT2D eigenvalue weighted by Crippen LogP contribution is -2.17. The van der Waals surface area contributed by atoms with Gasteiger partial charge in [-0.15, -0.1) is 0 Å². The van der Waals surface area contributed by atoms with E-state index in [4.69, 9.17) is 5.73 Å². The first-order valence-corrected chi connectivity index (χ1v) is 7.30. The quantitative estimate of drug-likeness (QED) is 0.908. The fourth-order valence-corrected chi connectivity index (χ4v) is 2.78. The molecule has 3 N–H and O–H groups in total. The largest absolute Gasteiger partial charge is 0.365 e. The Morgan fingerprint density at radius 2 is 2.05 bits per heavy atom. The monoisotopic (exact) mass is 281 g/mol. The maximum atomic E-state index is 11.7. The molecule has 0 atom stereocenters. The van der Waals surface area contributed by atoms with Gasteiger partial charge in [-0.25, -0.2) is 4.98 Å². The van der Waals surface area contributed by atoms with Gasteiger partial charge in [-0.1, -0.05) is 12.1 Å². The van der Waals surface area contributed by atoms with Crippen molar-refractivity contribution in [1.82, 2.24) is 4.98 Å². The molecule has 4 nitrogen and oxygen atoms in total. The zero-order valence-electron chi connectivity index (χ0n) is 12.1. The van der Waals surface area contributed by atoms with Gasteiger partial charge in [0.25, 0.3) is 5.91 Å². The lowest BCUT2D eigenvalue weighted by molar-refractivity contribution is 0.100. The van der Waals surface area contributed by atoms with Crippen molar-refractivity contribution in [3.8, 4) is 0 Å². The first kappa shape index (κ1) is 13.6. The molecule has 1 heterocycles. The van der Waals surface area contributed by atoms with Gasteiger partial charge in [0.15, 0.2) is 0 Å². The molecule has 21 heavy (non-hydrogen) atoms. The highest BCUT2D eigenvalue weighted by molar-refractivity contribution is 5.98. The Balaban J connectivity index is 2.01. The first-order valence-electron chi connectivity index (χ1n) is 7.30. The van der Waals surface area contributed by atoms with Crippen LogP contribution in [0.4, 0.5) is 11.5 Å². The third-order valence-corrected chi connectivity index (χ3v) is 3.85. The minimum absolute atomic E-state index is 0.439. The van der Waals surface area contributed by atoms with Crippen molar-refractivity contribution < 1.29 is 4.79 Å². The Morgan fingerprint density at radius 1 is 1.24 bits per heavy atom. The molecular formula is C17H19N3O. The summed E-state index contributed by atoms with van der Waals surface area (Å²) in [5, 5.41) is 3.23. The van der Waals surface area contributed by atoms with Gasteiger partial charge >= 0.3 is 0 Å². The predicted octanol–water partition coefficient (Wildman–Crippen LogP) is 3.11. The van der Waals surface area contributed by atoms with Crippen molar-refractivity contribution in [3.63, 3.8) is 0 Å². The summed E-state index contributed by atoms with van der Waals surface area (Å²) in [7, 11) is 0. The lowest BCUT2D eigenvalue weighted by atomic mass is 9.94. The van der Waals surface area contributed by atoms with E-state index in [1.54, 1.807) is 0 Å². The van der Waals surface area contributed by atoms with Gasteiger partial charge in [-0.3, -0.25) is 4.79 Å². The average Bonchev–Trinajstić information content (AvgIpc) is 2.46. The molecule has 1 aromatic heterocycles. The van der Waals surface area contributed by atoms with Gasteiger partial charge in [0, 0.05) is 11.4 Å². The van der Waals surface area contributed by atoms with Crippen LogP contribution in [0.25, 0.3) is 0 Å². The maximum absolute atomic E-state index is 11.7. The lowest BCUT2D eigenvalue weighted by Gasteiger charge is -2.18. The van der Waals surface area contributed by atoms with E-state index in [2.05, 4.69) is 10.3 Å². The number of anilines is 2. The van der Waals surface area contributed by atoms with Gasteiger partial charge in [0.2, 0.25) is 0 Å². The number of rotatable bonds is 3. The van der Waals surface area contributed by atoms with Crippen molar-refractivity contribution in [2.24, 2.45) is 5.73 Å². The molecule has 3 rings (SSSR count). The standard InChI is InChI=1S/C17H19N3O/c1-11-5-4-7-13(9-11)19-17-14(16(18)21)10-12-6-2-3-8-15(12)20-17/h4-5,7,9-10H,2-3,6,8H2,1H3,(H2,18,21)(H,19,20). The van der Waals surface area contributed by atoms with Crippen LogP contribution in [0, 0.1) is 6.92 Å². The summed E-state index contributed by atoms with van der Waals surface area (Å²) in [4.78, 5) is 16.4. The molecular weight excluding hydrogens is 262 g/mol. The number of primary amides is 1. The summed E-state index contributed by atoms with van der Waals surface area (Å²) in [6.45, 7) is 2.03. The van der Waals surface area contributed by atoms with E-state index in [1.165, 1.54) is 0 Å². The summed E-state index contributed by atoms with van der Waals surface area (Å²) in [6.07, 6.45) is 4.25. The van der Waals surface area contributed by atoms with E-state index in [9.17, 15) is 4.79 Å². The molecule has 1 aliphatic rings. The van der Waals surface area contributed by atoms with Crippen molar-refractivity contribution in [1.29, 1.82) is 0 Å². The fourth-order valence-electron chi connectivity index (χ4n) is 2.78. The number of hydrogen-bond acceptors (Lipinski definition) is 3. The number of nitrogens with one attached hydrogen (secondary N) is 1. The van der Waals surface area contributed by atoms with Crippen LogP contribution in [0.2, 0.25) is 0 Å². The Kier molecular flexibility index (Phi) is 3.60. The number of amides is 1. The predicted molar refractivity (Wildman–Crippen MR) is 83.9 cm³/mol. The fraction of sp³-hybridized carbons (Fsp3) is 0.294. The Hall–Kier alpha value is -2.36. The number of aromatic nitrogens is 1. The minimum atomic E-state index is -0.439. The van der Waals surface area contributed by atoms with Crippen LogP contribution < -0.4 is 11.1 Å². The number of aryl methyl sites for hydroxylation is 3. The molecule has 1 aliphatic carbocycles. The van der Waals surface area contributed by atoms with Gasteiger partial charge in [0.05, 0.1) is 5.56 Å². The third kappa shape index (κ3) is 2.89. The van der Waals surface area contributed by atoms with Crippen LogP contribution in [0.15, 0.2) is 30.3 Å². The highest BCUT2D eigenvalue weighted by Crippen LogP contribution is 2.26. The number of nitrogens with two attached hydrogens (primary N) is 1. The number of hydrogen-bond donors (Lipinski definition) is 2. The molecule has 0 saturated carbocycles. The summed E-state index contributed by atoms with van der Waals surface area (Å²) in [5.41, 5.74) is 10.3. The smallest absolute Gasteiger partial charge is 0.252 e. The highest BCUT2D eigenvalue weighted by atomic mass is 16.1. The van der Waals surface area contributed by atoms with E-state index < -0.39 is 5.91 Å². The van der Waals surface area contributed by atoms with Gasteiger partial charge < -0.3 is 11.1 Å². The molecule has 0 radical (unpaired) electrons. The van der Waals surface area contributed by atoms with Crippen LogP contribution in [0.1, 0.15) is 40.0 Å². The number of pyridine rings is 1. The number of benzene rings is 1. The molecule has 0 spiro atoms. The summed E-state index contributed by atoms with van der Waals surface area (Å²) in [6, 6.07) is 9.88. The Morgan fingerprint density at radius 3 is 2.81 bits per heavy atom. The second-order valence-corrected chi connectivity index (χ2v) is 5.56. The topological polar surface area (TPSA) is 68.0 Å². The van der Waals surface area contributed by atoms with Crippen molar-refractivity contribution in [2.45, 2.75) is 32.6 Å². The Bertz CT molecular complexity index is 694. The molecule has 0 unspecified atom stereocenters. The molecule has 2 aromatic rings. The van der Waals surface area contributed by atoms with E-state index >= 15 is 0 Å². The Labute approximate surface area is 124 Å². The summed E-state index contributed by atoms with van der Waals surface area (Å²) < 4.78 is 0. The molecule has 1 aromatic carbocycles. The third-order valence-electron chi connectivity index (χ3n) is 3.85. The second-order valence-electron chi connectivity index (χ2n) is 5.56. The number of fused-ring (bicyclic) bond motifs is 1. The molecule has 0 bridgehead atoms. The first-order chi connectivity index (χ1) is 10.1. The highest BCUT2D eigenvalue weighted by Gasteiger charge is 2.18. The van der Waals surface area contributed by atoms with Crippen LogP contribution in [-0.2, 0) is 12.8 Å². The molecule has 0 saturated heterocycles. The number of nitrogens with zero attached hydrogens (tertiary/aromatic N) is 1. The molecule has 0 aliphatic heterocycles. The van der Waals surface area contributed by atoms with Crippen LogP contribution in [0.3, 0.4) is 0 Å². The van der Waals surface area contributed by atoms with Crippen LogP contribution in [-0.4, -0.2) is 10.9 Å². The maximum Gasteiger partial charge on any atom is 0.252 e. The summed E-state index contributed by atoms with van der Waals surface area (Å²) in [5.74, 6) is 0.125. The van der Waals surface area contributed by atoms with Crippen molar-refractivity contribution in [2.75, 3.05) is 5.32 Å². The van der Waals surface area contributed by atoms with Crippen molar-refractivity contribution in [3.05, 3.63) is 52.7 Å². The van der Waals surface area contributed by atoms with E-state index in [-0.39, 0.29) is 0 Å². The zero-order valence-corrected chi connectivity index (χ0v) is 12.1. The molecule has 4 heteroatoms. The van der Waals surface area contributed by atoms with Gasteiger partial charge in [-0.2, -0.15) is 0 Å². The van der Waals surface area contributed by atoms with E-state index in [0.29, 0.717) is 11.4 Å². The van der Waals surface area contributed by atoms with Crippen LogP contribution in [0.5, 0.6) is 0 Å². The van der Waals surface area contributed by atoms with Crippen molar-refractivity contribution >= 4 is 17.4 Å². The normalized spacial score (nSPS) is 13.6. The minimum Gasteiger partial charge on any atom is -0.365 e. The number of carbonyl (C=O) groups is 1. The molecule has 0 fully saturated rings. The zero-order chi connectivity index (χ0) is 14.8. The average molecular weight is 281 g/mol. The van der Waals surface area contributed by atoms with Gasteiger partial charge in [0.1, 0.15) is 5.82 Å². The number of carbonyl (C=O) groups excluding carboxylic acids is 1.